The van der Waals surface area contributed by atoms with Gasteiger partial charge in [-0.2, -0.15) is 0 Å². The molecule has 1 saturated carbocycles. The predicted molar refractivity (Wildman–Crippen MR) is 146 cm³/mol. The number of methoxy groups -OCH3 is 1. The number of ether oxygens (including phenoxy) is 2. The fraction of sp³-hybridized carbons (Fsp3) is 0.500. The molecule has 2 fully saturated rings. The van der Waals surface area contributed by atoms with Gasteiger partial charge in [-0.1, -0.05) is 6.07 Å². The minimum atomic E-state index is -3.54. The molecule has 1 atom stereocenters. The number of carbonyl (C=O) groups excluding carboxylic acids is 1. The highest BCUT2D eigenvalue weighted by molar-refractivity contribution is 7.92. The van der Waals surface area contributed by atoms with Crippen LogP contribution in [-0.4, -0.2) is 55.9 Å². The molecule has 2 aliphatic rings. The Morgan fingerprint density at radius 1 is 1.18 bits per heavy atom. The van der Waals surface area contributed by atoms with Crippen LogP contribution in [0.15, 0.2) is 24.3 Å². The standard InChI is InChI=1S/C26H34N6O5S/c1-16-27-24-20(28-19-11-8-17(15-36-3)13-21(19)31(2)38(4,34)35)14-22(30-26(33)18-9-10-18)29-25(24)32(16)23-7-5-6-12-37-23/h8,11,13-14,18,23H,5-7,9-10,12,15H2,1-4H3,(H2,28,29,30,33). The minimum Gasteiger partial charge on any atom is -0.380 e. The molecule has 2 N–H and O–H groups in total. The number of sulfonamides is 1. The zero-order valence-corrected chi connectivity index (χ0v) is 23.0. The van der Waals surface area contributed by atoms with Gasteiger partial charge in [0, 0.05) is 32.7 Å². The second-order valence-corrected chi connectivity index (χ2v) is 12.0. The number of amides is 1. The summed E-state index contributed by atoms with van der Waals surface area (Å²) in [6, 6.07) is 7.21. The zero-order chi connectivity index (χ0) is 27.0. The van der Waals surface area contributed by atoms with Crippen LogP contribution in [0.5, 0.6) is 0 Å². The van der Waals surface area contributed by atoms with E-state index in [0.29, 0.717) is 47.3 Å². The van der Waals surface area contributed by atoms with Crippen molar-refractivity contribution in [2.24, 2.45) is 5.92 Å². The molecule has 0 bridgehead atoms. The maximum Gasteiger partial charge on any atom is 0.232 e. The van der Waals surface area contributed by atoms with E-state index in [2.05, 4.69) is 10.6 Å². The number of fused-ring (bicyclic) bond motifs is 1. The van der Waals surface area contributed by atoms with Gasteiger partial charge in [0.15, 0.2) is 5.65 Å². The monoisotopic (exact) mass is 542 g/mol. The molecule has 3 heterocycles. The van der Waals surface area contributed by atoms with Gasteiger partial charge < -0.3 is 20.1 Å². The molecule has 1 amide bonds. The van der Waals surface area contributed by atoms with Crippen molar-refractivity contribution in [1.29, 1.82) is 0 Å². The van der Waals surface area contributed by atoms with E-state index in [0.717, 1.165) is 49.7 Å². The van der Waals surface area contributed by atoms with Crippen molar-refractivity contribution < 1.29 is 22.7 Å². The van der Waals surface area contributed by atoms with E-state index in [1.807, 2.05) is 23.6 Å². The molecule has 1 saturated heterocycles. The molecule has 5 rings (SSSR count). The fourth-order valence-corrected chi connectivity index (χ4v) is 5.21. The Labute approximate surface area is 222 Å². The lowest BCUT2D eigenvalue weighted by Gasteiger charge is -2.25. The third-order valence-electron chi connectivity index (χ3n) is 6.95. The third kappa shape index (κ3) is 5.47. The number of nitrogens with zero attached hydrogens (tertiary/aromatic N) is 4. The van der Waals surface area contributed by atoms with Gasteiger partial charge in [0.05, 0.1) is 29.9 Å². The average molecular weight is 543 g/mol. The number of pyridine rings is 1. The lowest BCUT2D eigenvalue weighted by Crippen LogP contribution is -2.25. The molecule has 204 valence electrons. The second kappa shape index (κ2) is 10.5. The van der Waals surface area contributed by atoms with Gasteiger partial charge >= 0.3 is 0 Å². The van der Waals surface area contributed by atoms with Crippen molar-refractivity contribution in [3.63, 3.8) is 0 Å². The Balaban J connectivity index is 1.62. The van der Waals surface area contributed by atoms with Crippen LogP contribution in [0.2, 0.25) is 0 Å². The molecule has 38 heavy (non-hydrogen) atoms. The van der Waals surface area contributed by atoms with Crippen LogP contribution in [0.25, 0.3) is 11.2 Å². The summed E-state index contributed by atoms with van der Waals surface area (Å²) >= 11 is 0. The summed E-state index contributed by atoms with van der Waals surface area (Å²) in [5, 5.41) is 6.34. The molecular weight excluding hydrogens is 508 g/mol. The van der Waals surface area contributed by atoms with E-state index in [1.54, 1.807) is 19.2 Å². The van der Waals surface area contributed by atoms with Gasteiger partial charge in [-0.15, -0.1) is 0 Å². The van der Waals surface area contributed by atoms with Gasteiger partial charge in [0.1, 0.15) is 23.4 Å². The quantitative estimate of drug-likeness (QED) is 0.414. The number of anilines is 4. The summed E-state index contributed by atoms with van der Waals surface area (Å²) in [6.45, 7) is 2.92. The molecule has 3 aromatic rings. The molecule has 0 spiro atoms. The van der Waals surface area contributed by atoms with E-state index in [9.17, 15) is 13.2 Å². The summed E-state index contributed by atoms with van der Waals surface area (Å²) < 4.78 is 39.4. The van der Waals surface area contributed by atoms with Crippen LogP contribution < -0.4 is 14.9 Å². The van der Waals surface area contributed by atoms with Crippen LogP contribution in [0.1, 0.15) is 49.7 Å². The Morgan fingerprint density at radius 2 is 1.97 bits per heavy atom. The third-order valence-corrected chi connectivity index (χ3v) is 8.14. The highest BCUT2D eigenvalue weighted by Gasteiger charge is 2.31. The summed E-state index contributed by atoms with van der Waals surface area (Å²) in [5.41, 5.74) is 3.65. The first-order chi connectivity index (χ1) is 18.2. The average Bonchev–Trinajstić information content (AvgIpc) is 3.67. The second-order valence-electron chi connectivity index (χ2n) is 9.98. The van der Waals surface area contributed by atoms with Crippen LogP contribution in [-0.2, 0) is 30.9 Å². The van der Waals surface area contributed by atoms with E-state index in [4.69, 9.17) is 19.4 Å². The lowest BCUT2D eigenvalue weighted by molar-refractivity contribution is -0.117. The maximum absolute atomic E-state index is 12.6. The van der Waals surface area contributed by atoms with Gasteiger partial charge in [-0.25, -0.2) is 18.4 Å². The fourth-order valence-electron chi connectivity index (χ4n) is 4.70. The van der Waals surface area contributed by atoms with E-state index in [-0.39, 0.29) is 18.1 Å². The summed E-state index contributed by atoms with van der Waals surface area (Å²) in [6.07, 6.45) is 5.62. The summed E-state index contributed by atoms with van der Waals surface area (Å²) in [5.74, 6) is 1.11. The maximum atomic E-state index is 12.6. The number of benzene rings is 1. The number of hydrogen-bond acceptors (Lipinski definition) is 8. The summed E-state index contributed by atoms with van der Waals surface area (Å²) in [7, 11) is -0.443. The lowest BCUT2D eigenvalue weighted by atomic mass is 10.1. The number of aromatic nitrogens is 3. The zero-order valence-electron chi connectivity index (χ0n) is 22.2. The molecular formula is C26H34N6O5S. The van der Waals surface area contributed by atoms with Gasteiger partial charge in [0.2, 0.25) is 15.9 Å². The molecule has 11 nitrogen and oxygen atoms in total. The number of carbonyl (C=O) groups is 1. The summed E-state index contributed by atoms with van der Waals surface area (Å²) in [4.78, 5) is 22.2. The highest BCUT2D eigenvalue weighted by Crippen LogP contribution is 2.37. The highest BCUT2D eigenvalue weighted by atomic mass is 32.2. The Kier molecular flexibility index (Phi) is 7.30. The van der Waals surface area contributed by atoms with Gasteiger partial charge in [-0.3, -0.25) is 13.7 Å². The normalized spacial score (nSPS) is 17.9. The van der Waals surface area contributed by atoms with Crippen LogP contribution in [0.3, 0.4) is 0 Å². The molecule has 1 aliphatic heterocycles. The van der Waals surface area contributed by atoms with Crippen molar-refractivity contribution in [2.45, 2.75) is 51.9 Å². The Morgan fingerprint density at radius 3 is 2.63 bits per heavy atom. The number of imidazole rings is 1. The smallest absolute Gasteiger partial charge is 0.232 e. The molecule has 1 unspecified atom stereocenters. The van der Waals surface area contributed by atoms with Crippen LogP contribution in [0, 0.1) is 12.8 Å². The molecule has 2 aromatic heterocycles. The largest absolute Gasteiger partial charge is 0.380 e. The van der Waals surface area contributed by atoms with Crippen molar-refractivity contribution in [2.75, 3.05) is 42.0 Å². The SMILES string of the molecule is COCc1ccc(Nc2cc(NC(=O)C3CC3)nc3c2nc(C)n3C2CCCCO2)c(N(C)S(C)(=O)=O)c1. The molecule has 1 aliphatic carbocycles. The van der Waals surface area contributed by atoms with Crippen LogP contribution >= 0.6 is 0 Å². The first kappa shape index (κ1) is 26.4. The van der Waals surface area contributed by atoms with Gasteiger partial charge in [0.25, 0.3) is 0 Å². The van der Waals surface area contributed by atoms with Crippen molar-refractivity contribution in [1.82, 2.24) is 14.5 Å². The predicted octanol–water partition coefficient (Wildman–Crippen LogP) is 4.07. The van der Waals surface area contributed by atoms with Crippen molar-refractivity contribution in [3.05, 3.63) is 35.7 Å². The Bertz CT molecular complexity index is 1460. The number of hydrogen-bond donors (Lipinski definition) is 2. The molecule has 1 aromatic carbocycles. The molecule has 12 heteroatoms. The number of aryl methyl sites for hydroxylation is 1. The van der Waals surface area contributed by atoms with Gasteiger partial charge in [-0.05, 0) is 56.7 Å². The topological polar surface area (TPSA) is 128 Å². The van der Waals surface area contributed by atoms with E-state index < -0.39 is 10.0 Å². The Hall–Kier alpha value is -3.22. The first-order valence-corrected chi connectivity index (χ1v) is 14.7. The van der Waals surface area contributed by atoms with E-state index >= 15 is 0 Å². The van der Waals surface area contributed by atoms with Crippen LogP contribution in [0.4, 0.5) is 22.9 Å². The first-order valence-electron chi connectivity index (χ1n) is 12.8. The minimum absolute atomic E-state index is 0.0144. The van der Waals surface area contributed by atoms with Crippen molar-refractivity contribution >= 4 is 50.0 Å². The number of rotatable bonds is 9. The van der Waals surface area contributed by atoms with Crippen molar-refractivity contribution in [3.8, 4) is 0 Å². The molecule has 0 radical (unpaired) electrons. The van der Waals surface area contributed by atoms with E-state index in [1.165, 1.54) is 11.4 Å². The number of nitrogens with one attached hydrogen (secondary N) is 2.